The lowest BCUT2D eigenvalue weighted by Crippen LogP contribution is -2.52. The molecule has 1 aliphatic carbocycles. The lowest BCUT2D eigenvalue weighted by Gasteiger charge is -2.46. The van der Waals surface area contributed by atoms with E-state index in [4.69, 9.17) is 0 Å². The van der Waals surface area contributed by atoms with Crippen LogP contribution in [-0.2, 0) is 0 Å². The maximum atomic E-state index is 9.96. The molecule has 2 heteroatoms. The third kappa shape index (κ3) is 2.69. The van der Waals surface area contributed by atoms with Gasteiger partial charge in [0.15, 0.2) is 0 Å². The van der Waals surface area contributed by atoms with E-state index < -0.39 is 0 Å². The molecule has 2 rings (SSSR count). The van der Waals surface area contributed by atoms with E-state index in [9.17, 15) is 5.11 Å². The summed E-state index contributed by atoms with van der Waals surface area (Å²) in [7, 11) is 0. The number of para-hydroxylation sites is 1. The first-order chi connectivity index (χ1) is 8.68. The average molecular weight is 247 g/mol. The number of hydrogen-bond donors (Lipinski definition) is 2. The Morgan fingerprint density at radius 2 is 2.00 bits per heavy atom. The minimum atomic E-state index is -0.131. The summed E-state index contributed by atoms with van der Waals surface area (Å²) in [5.41, 5.74) is 0.993. The summed E-state index contributed by atoms with van der Waals surface area (Å²) < 4.78 is 0. The van der Waals surface area contributed by atoms with E-state index in [0.29, 0.717) is 11.8 Å². The lowest BCUT2D eigenvalue weighted by atomic mass is 9.68. The SMILES string of the molecule is CC(C)C1CCCCC1(CO)Nc1ccccc1. The quantitative estimate of drug-likeness (QED) is 0.850. The number of hydrogen-bond acceptors (Lipinski definition) is 2. The highest BCUT2D eigenvalue weighted by atomic mass is 16.3. The van der Waals surface area contributed by atoms with Gasteiger partial charge in [-0.2, -0.15) is 0 Å². The van der Waals surface area contributed by atoms with Crippen molar-refractivity contribution >= 4 is 5.69 Å². The molecule has 1 fully saturated rings. The van der Waals surface area contributed by atoms with Crippen molar-refractivity contribution in [3.05, 3.63) is 30.3 Å². The summed E-state index contributed by atoms with van der Waals surface area (Å²) in [5, 5.41) is 13.6. The maximum Gasteiger partial charge on any atom is 0.0664 e. The van der Waals surface area contributed by atoms with Crippen molar-refractivity contribution in [3.8, 4) is 0 Å². The summed E-state index contributed by atoms with van der Waals surface area (Å²) in [6.07, 6.45) is 4.80. The zero-order valence-corrected chi connectivity index (χ0v) is 11.5. The number of nitrogens with one attached hydrogen (secondary N) is 1. The molecule has 0 spiro atoms. The smallest absolute Gasteiger partial charge is 0.0664 e. The molecule has 2 unspecified atom stereocenters. The Morgan fingerprint density at radius 1 is 1.28 bits per heavy atom. The van der Waals surface area contributed by atoms with Crippen LogP contribution in [0.5, 0.6) is 0 Å². The van der Waals surface area contributed by atoms with Crippen molar-refractivity contribution in [1.82, 2.24) is 0 Å². The van der Waals surface area contributed by atoms with Gasteiger partial charge in [0, 0.05) is 5.69 Å². The Labute approximate surface area is 110 Å². The third-order valence-corrected chi connectivity index (χ3v) is 4.35. The molecule has 2 nitrogen and oxygen atoms in total. The van der Waals surface area contributed by atoms with Crippen LogP contribution in [-0.4, -0.2) is 17.3 Å². The van der Waals surface area contributed by atoms with Crippen molar-refractivity contribution in [2.24, 2.45) is 11.8 Å². The Kier molecular flexibility index (Phi) is 4.28. The van der Waals surface area contributed by atoms with Gasteiger partial charge in [0.25, 0.3) is 0 Å². The van der Waals surface area contributed by atoms with E-state index in [0.717, 1.165) is 12.1 Å². The first kappa shape index (κ1) is 13.4. The third-order valence-electron chi connectivity index (χ3n) is 4.35. The molecule has 0 heterocycles. The van der Waals surface area contributed by atoms with Crippen LogP contribution in [0.1, 0.15) is 39.5 Å². The molecule has 0 aromatic heterocycles. The fourth-order valence-electron chi connectivity index (χ4n) is 3.44. The standard InChI is InChI=1S/C16H25NO/c1-13(2)15-10-6-7-11-16(15,12-18)17-14-8-4-3-5-9-14/h3-5,8-9,13,15,17-18H,6-7,10-12H2,1-2H3. The summed E-state index contributed by atoms with van der Waals surface area (Å²) in [4.78, 5) is 0. The van der Waals surface area contributed by atoms with Crippen LogP contribution in [0.15, 0.2) is 30.3 Å². The van der Waals surface area contributed by atoms with Crippen LogP contribution in [0, 0.1) is 11.8 Å². The fourth-order valence-corrected chi connectivity index (χ4v) is 3.44. The van der Waals surface area contributed by atoms with Gasteiger partial charge in [-0.15, -0.1) is 0 Å². The van der Waals surface area contributed by atoms with Gasteiger partial charge in [-0.25, -0.2) is 0 Å². The largest absolute Gasteiger partial charge is 0.394 e. The van der Waals surface area contributed by atoms with Crippen LogP contribution < -0.4 is 5.32 Å². The highest BCUT2D eigenvalue weighted by Crippen LogP contribution is 2.40. The van der Waals surface area contributed by atoms with Crippen molar-refractivity contribution < 1.29 is 5.11 Å². The molecule has 1 aromatic carbocycles. The summed E-state index contributed by atoms with van der Waals surface area (Å²) >= 11 is 0. The zero-order valence-electron chi connectivity index (χ0n) is 11.5. The molecule has 0 bridgehead atoms. The van der Waals surface area contributed by atoms with E-state index in [1.807, 2.05) is 18.2 Å². The first-order valence-corrected chi connectivity index (χ1v) is 7.12. The molecule has 0 aliphatic heterocycles. The van der Waals surface area contributed by atoms with Crippen molar-refractivity contribution in [3.63, 3.8) is 0 Å². The second-order valence-corrected chi connectivity index (χ2v) is 5.90. The highest BCUT2D eigenvalue weighted by molar-refractivity contribution is 5.45. The minimum Gasteiger partial charge on any atom is -0.394 e. The van der Waals surface area contributed by atoms with E-state index in [1.165, 1.54) is 19.3 Å². The second kappa shape index (κ2) is 5.75. The van der Waals surface area contributed by atoms with Gasteiger partial charge in [0.05, 0.1) is 12.1 Å². The van der Waals surface area contributed by atoms with Crippen molar-refractivity contribution in [1.29, 1.82) is 0 Å². The molecule has 100 valence electrons. The van der Waals surface area contributed by atoms with Gasteiger partial charge in [0.2, 0.25) is 0 Å². The van der Waals surface area contributed by atoms with E-state index >= 15 is 0 Å². The monoisotopic (exact) mass is 247 g/mol. The van der Waals surface area contributed by atoms with Crippen molar-refractivity contribution in [2.75, 3.05) is 11.9 Å². The molecule has 1 aliphatic rings. The topological polar surface area (TPSA) is 32.3 Å². The first-order valence-electron chi connectivity index (χ1n) is 7.12. The number of anilines is 1. The second-order valence-electron chi connectivity index (χ2n) is 5.90. The molecule has 0 saturated heterocycles. The van der Waals surface area contributed by atoms with Crippen LogP contribution in [0.25, 0.3) is 0 Å². The predicted molar refractivity (Wildman–Crippen MR) is 76.7 cm³/mol. The average Bonchev–Trinajstić information content (AvgIpc) is 2.40. The fraction of sp³-hybridized carbons (Fsp3) is 0.625. The zero-order chi connectivity index (χ0) is 13.0. The molecule has 2 N–H and O–H groups in total. The molecular formula is C16H25NO. The Hall–Kier alpha value is -1.02. The molecule has 0 amide bonds. The predicted octanol–water partition coefficient (Wildman–Crippen LogP) is 3.68. The Morgan fingerprint density at radius 3 is 2.61 bits per heavy atom. The van der Waals surface area contributed by atoms with E-state index in [2.05, 4.69) is 31.3 Å². The van der Waals surface area contributed by atoms with E-state index in [-0.39, 0.29) is 12.1 Å². The maximum absolute atomic E-state index is 9.96. The Bertz CT molecular complexity index is 363. The van der Waals surface area contributed by atoms with Crippen molar-refractivity contribution in [2.45, 2.75) is 45.1 Å². The molecule has 1 aromatic rings. The summed E-state index contributed by atoms with van der Waals surface area (Å²) in [6, 6.07) is 10.3. The normalized spacial score (nSPS) is 28.3. The highest BCUT2D eigenvalue weighted by Gasteiger charge is 2.41. The lowest BCUT2D eigenvalue weighted by molar-refractivity contribution is 0.0898. The minimum absolute atomic E-state index is 0.131. The van der Waals surface area contributed by atoms with Gasteiger partial charge in [0.1, 0.15) is 0 Å². The van der Waals surface area contributed by atoms with Gasteiger partial charge in [-0.1, -0.05) is 44.9 Å². The number of aliphatic hydroxyl groups excluding tert-OH is 1. The van der Waals surface area contributed by atoms with Crippen LogP contribution in [0.2, 0.25) is 0 Å². The number of aliphatic hydroxyl groups is 1. The number of benzene rings is 1. The van der Waals surface area contributed by atoms with Crippen LogP contribution in [0.3, 0.4) is 0 Å². The van der Waals surface area contributed by atoms with Crippen LogP contribution in [0.4, 0.5) is 5.69 Å². The molecule has 1 saturated carbocycles. The van der Waals surface area contributed by atoms with Gasteiger partial charge in [-0.05, 0) is 36.8 Å². The van der Waals surface area contributed by atoms with Crippen LogP contribution >= 0.6 is 0 Å². The number of rotatable bonds is 4. The Balaban J connectivity index is 2.22. The van der Waals surface area contributed by atoms with E-state index in [1.54, 1.807) is 0 Å². The molecular weight excluding hydrogens is 222 g/mol. The van der Waals surface area contributed by atoms with Gasteiger partial charge in [-0.3, -0.25) is 0 Å². The van der Waals surface area contributed by atoms with Gasteiger partial charge < -0.3 is 10.4 Å². The summed E-state index contributed by atoms with van der Waals surface area (Å²) in [6.45, 7) is 4.77. The molecule has 2 atom stereocenters. The summed E-state index contributed by atoms with van der Waals surface area (Å²) in [5.74, 6) is 1.16. The van der Waals surface area contributed by atoms with Gasteiger partial charge >= 0.3 is 0 Å². The molecule has 18 heavy (non-hydrogen) atoms. The molecule has 0 radical (unpaired) electrons.